The summed E-state index contributed by atoms with van der Waals surface area (Å²) in [6, 6.07) is 19.1. The Morgan fingerprint density at radius 1 is 0.976 bits per heavy atom. The molecule has 8 nitrogen and oxygen atoms in total. The first-order valence-electron chi connectivity index (χ1n) is 14.3. The summed E-state index contributed by atoms with van der Waals surface area (Å²) < 4.78 is 47.8. The molecule has 0 aliphatic heterocycles. The van der Waals surface area contributed by atoms with Gasteiger partial charge < -0.3 is 15.0 Å². The molecule has 2 amide bonds. The van der Waals surface area contributed by atoms with E-state index in [2.05, 4.69) is 5.32 Å². The molecule has 0 radical (unpaired) electrons. The second kappa shape index (κ2) is 14.3. The molecule has 0 heterocycles. The van der Waals surface area contributed by atoms with Crippen molar-refractivity contribution in [3.05, 3.63) is 90.2 Å². The zero-order chi connectivity index (χ0) is 30.1. The lowest BCUT2D eigenvalue weighted by molar-refractivity contribution is -0.140. The largest absolute Gasteiger partial charge is 0.497 e. The van der Waals surface area contributed by atoms with Gasteiger partial charge in [-0.1, -0.05) is 56.5 Å². The van der Waals surface area contributed by atoms with Gasteiger partial charge in [-0.25, -0.2) is 12.8 Å². The smallest absolute Gasteiger partial charge is 0.264 e. The normalized spacial score (nSPS) is 14.5. The Bertz CT molecular complexity index is 1440. The van der Waals surface area contributed by atoms with E-state index in [1.54, 1.807) is 43.5 Å². The van der Waals surface area contributed by atoms with Gasteiger partial charge in [0, 0.05) is 12.6 Å². The summed E-state index contributed by atoms with van der Waals surface area (Å²) in [5.74, 6) is -0.765. The summed E-state index contributed by atoms with van der Waals surface area (Å²) in [5, 5.41) is 3.13. The number of halogens is 1. The Morgan fingerprint density at radius 2 is 1.67 bits per heavy atom. The van der Waals surface area contributed by atoms with Crippen LogP contribution in [0.4, 0.5) is 10.1 Å². The minimum Gasteiger partial charge on any atom is -0.497 e. The number of benzene rings is 3. The van der Waals surface area contributed by atoms with Crippen molar-refractivity contribution in [1.82, 2.24) is 10.2 Å². The van der Waals surface area contributed by atoms with E-state index in [0.717, 1.165) is 54.1 Å². The number of hydrogen-bond donors (Lipinski definition) is 1. The highest BCUT2D eigenvalue weighted by molar-refractivity contribution is 7.92. The summed E-state index contributed by atoms with van der Waals surface area (Å²) in [7, 11) is -2.67. The molecule has 1 aliphatic carbocycles. The number of hydrogen-bond acceptors (Lipinski definition) is 5. The first-order chi connectivity index (χ1) is 20.2. The maximum Gasteiger partial charge on any atom is 0.264 e. The molecule has 0 bridgehead atoms. The van der Waals surface area contributed by atoms with Crippen LogP contribution in [0.1, 0.15) is 51.0 Å². The van der Waals surface area contributed by atoms with Crippen LogP contribution in [0, 0.1) is 5.82 Å². The van der Waals surface area contributed by atoms with Crippen LogP contribution < -0.4 is 14.4 Å². The van der Waals surface area contributed by atoms with Crippen molar-refractivity contribution in [1.29, 1.82) is 0 Å². The van der Waals surface area contributed by atoms with Crippen LogP contribution in [0.3, 0.4) is 0 Å². The molecule has 42 heavy (non-hydrogen) atoms. The number of rotatable bonds is 12. The molecule has 1 atom stereocenters. The monoisotopic (exact) mass is 595 g/mol. The van der Waals surface area contributed by atoms with Gasteiger partial charge >= 0.3 is 0 Å². The quantitative estimate of drug-likeness (QED) is 0.307. The maximum atomic E-state index is 14.2. The number of sulfonamides is 1. The Morgan fingerprint density at radius 3 is 2.31 bits per heavy atom. The topological polar surface area (TPSA) is 96.0 Å². The summed E-state index contributed by atoms with van der Waals surface area (Å²) in [6.07, 6.45) is 5.32. The van der Waals surface area contributed by atoms with Gasteiger partial charge in [-0.05, 0) is 73.4 Å². The molecule has 0 saturated heterocycles. The molecule has 224 valence electrons. The van der Waals surface area contributed by atoms with Gasteiger partial charge in [0.05, 0.1) is 17.7 Å². The van der Waals surface area contributed by atoms with Gasteiger partial charge in [-0.3, -0.25) is 13.9 Å². The minimum atomic E-state index is -4.21. The number of methoxy groups -OCH3 is 1. The Hall–Kier alpha value is -3.92. The SMILES string of the molecule is CC[C@@H](C(=O)NC1CCCCC1)N(Cc1cccc(OC)c1)C(=O)CN(c1ccc(F)cc1)S(=O)(=O)c1ccccc1. The molecule has 1 fully saturated rings. The molecule has 1 saturated carbocycles. The lowest BCUT2D eigenvalue weighted by Gasteiger charge is -2.34. The zero-order valence-corrected chi connectivity index (χ0v) is 24.9. The van der Waals surface area contributed by atoms with E-state index in [0.29, 0.717) is 12.2 Å². The van der Waals surface area contributed by atoms with Crippen LogP contribution in [0.25, 0.3) is 0 Å². The highest BCUT2D eigenvalue weighted by Gasteiger charge is 2.34. The number of carbonyl (C=O) groups excluding carboxylic acids is 2. The van der Waals surface area contributed by atoms with Crippen LogP contribution >= 0.6 is 0 Å². The molecule has 1 aliphatic rings. The molecule has 10 heteroatoms. The fraction of sp³-hybridized carbons (Fsp3) is 0.375. The number of amides is 2. The van der Waals surface area contributed by atoms with Gasteiger partial charge in [0.15, 0.2) is 0 Å². The number of nitrogens with one attached hydrogen (secondary N) is 1. The number of nitrogens with zero attached hydrogens (tertiary/aromatic N) is 2. The molecule has 4 rings (SSSR count). The van der Waals surface area contributed by atoms with E-state index in [-0.39, 0.29) is 29.1 Å². The van der Waals surface area contributed by atoms with Gasteiger partial charge in [0.1, 0.15) is 24.2 Å². The number of carbonyl (C=O) groups is 2. The van der Waals surface area contributed by atoms with E-state index in [9.17, 15) is 22.4 Å². The first-order valence-corrected chi connectivity index (χ1v) is 15.7. The third-order valence-electron chi connectivity index (χ3n) is 7.55. The summed E-state index contributed by atoms with van der Waals surface area (Å²) in [5.41, 5.74) is 0.862. The fourth-order valence-electron chi connectivity index (χ4n) is 5.29. The van der Waals surface area contributed by atoms with Crippen molar-refractivity contribution in [3.63, 3.8) is 0 Å². The summed E-state index contributed by atoms with van der Waals surface area (Å²) >= 11 is 0. The van der Waals surface area contributed by atoms with E-state index in [1.807, 2.05) is 13.0 Å². The second-order valence-corrected chi connectivity index (χ2v) is 12.3. The first kappa shape index (κ1) is 31.0. The van der Waals surface area contributed by atoms with Crippen LogP contribution in [-0.2, 0) is 26.2 Å². The van der Waals surface area contributed by atoms with Crippen molar-refractivity contribution >= 4 is 27.5 Å². The predicted octanol–water partition coefficient (Wildman–Crippen LogP) is 5.29. The van der Waals surface area contributed by atoms with E-state index in [4.69, 9.17) is 4.74 Å². The Balaban J connectivity index is 1.70. The van der Waals surface area contributed by atoms with Crippen molar-refractivity contribution < 1.29 is 27.1 Å². The van der Waals surface area contributed by atoms with Gasteiger partial charge in [0.2, 0.25) is 11.8 Å². The zero-order valence-electron chi connectivity index (χ0n) is 24.0. The van der Waals surface area contributed by atoms with Crippen molar-refractivity contribution in [2.75, 3.05) is 18.0 Å². The standard InChI is InChI=1S/C32H38FN3O5S/c1-3-30(32(38)34-26-12-6-4-7-13-26)35(22-24-11-10-14-28(21-24)41-2)31(37)23-36(27-19-17-25(33)18-20-27)42(39,40)29-15-8-5-9-16-29/h5,8-11,14-21,26,30H,3-4,6-7,12-13,22-23H2,1-2H3,(H,34,38)/t30-/m0/s1. The van der Waals surface area contributed by atoms with Crippen LogP contribution in [0.2, 0.25) is 0 Å². The molecule has 0 unspecified atom stereocenters. The van der Waals surface area contributed by atoms with Crippen molar-refractivity contribution in [2.24, 2.45) is 0 Å². The Labute approximate surface area is 247 Å². The molecule has 0 spiro atoms. The highest BCUT2D eigenvalue weighted by atomic mass is 32.2. The molecule has 1 N–H and O–H groups in total. The third-order valence-corrected chi connectivity index (χ3v) is 9.34. The average molecular weight is 596 g/mol. The molecule has 3 aromatic rings. The molecular weight excluding hydrogens is 557 g/mol. The van der Waals surface area contributed by atoms with Crippen LogP contribution in [-0.4, -0.2) is 50.9 Å². The third kappa shape index (κ3) is 7.67. The summed E-state index contributed by atoms with van der Waals surface area (Å²) in [4.78, 5) is 29.2. The van der Waals surface area contributed by atoms with E-state index in [1.165, 1.54) is 29.2 Å². The minimum absolute atomic E-state index is 0.0106. The van der Waals surface area contributed by atoms with Crippen molar-refractivity contribution in [3.8, 4) is 5.75 Å². The predicted molar refractivity (Wildman–Crippen MR) is 160 cm³/mol. The highest BCUT2D eigenvalue weighted by Crippen LogP contribution is 2.26. The van der Waals surface area contributed by atoms with Crippen LogP contribution in [0.5, 0.6) is 5.75 Å². The van der Waals surface area contributed by atoms with Crippen molar-refractivity contribution in [2.45, 2.75) is 69.0 Å². The maximum absolute atomic E-state index is 14.2. The van der Waals surface area contributed by atoms with Crippen LogP contribution in [0.15, 0.2) is 83.8 Å². The Kier molecular flexibility index (Phi) is 10.6. The molecule has 3 aromatic carbocycles. The van der Waals surface area contributed by atoms with E-state index < -0.39 is 34.3 Å². The molecular formula is C32H38FN3O5S. The van der Waals surface area contributed by atoms with Gasteiger partial charge in [-0.2, -0.15) is 0 Å². The van der Waals surface area contributed by atoms with E-state index >= 15 is 0 Å². The number of ether oxygens (including phenoxy) is 1. The second-order valence-electron chi connectivity index (χ2n) is 10.4. The number of anilines is 1. The lowest BCUT2D eigenvalue weighted by atomic mass is 9.95. The van der Waals surface area contributed by atoms with Gasteiger partial charge in [0.25, 0.3) is 10.0 Å². The van der Waals surface area contributed by atoms with Gasteiger partial charge in [-0.15, -0.1) is 0 Å². The fourth-order valence-corrected chi connectivity index (χ4v) is 6.72. The average Bonchev–Trinajstić information content (AvgIpc) is 3.01. The molecule has 0 aromatic heterocycles. The summed E-state index contributed by atoms with van der Waals surface area (Å²) in [6.45, 7) is 1.31. The lowest BCUT2D eigenvalue weighted by Crippen LogP contribution is -2.54.